The number of allylic oxidation sites excluding steroid dienone is 2. The van der Waals surface area contributed by atoms with Gasteiger partial charge in [-0.3, -0.25) is 9.69 Å². The molecular formula is C27H42N2O2. The Balaban J connectivity index is 1.72. The van der Waals surface area contributed by atoms with Crippen molar-refractivity contribution in [1.29, 1.82) is 0 Å². The summed E-state index contributed by atoms with van der Waals surface area (Å²) in [7, 11) is 0. The van der Waals surface area contributed by atoms with E-state index >= 15 is 0 Å². The zero-order valence-electron chi connectivity index (χ0n) is 20.1. The van der Waals surface area contributed by atoms with Gasteiger partial charge in [0.25, 0.3) is 0 Å². The van der Waals surface area contributed by atoms with E-state index in [2.05, 4.69) is 67.8 Å². The number of amides is 1. The largest absolute Gasteiger partial charge is 0.493 e. The molecule has 4 heteroatoms. The fourth-order valence-electron chi connectivity index (χ4n) is 5.22. The standard InChI is InChI=1S/C27H42N2O2/c1-5-8-14-28(13-7-3)27(30)20-29-19-24(18-25(29)16-21(4)9-6-2)22-10-11-26-23(17-22)12-15-31-26/h6,9-11,17,21,24-25H,5,7-8,12-16,18-20H2,1-4H3/b9-6+/t21?,24-,25+/m1/s1. The number of hydrogen-bond donors (Lipinski definition) is 0. The lowest BCUT2D eigenvalue weighted by Gasteiger charge is -2.29. The third kappa shape index (κ3) is 6.35. The molecule has 1 fully saturated rings. The second kappa shape index (κ2) is 11.7. The van der Waals surface area contributed by atoms with Crippen molar-refractivity contribution in [2.45, 2.75) is 78.2 Å². The maximum absolute atomic E-state index is 13.2. The smallest absolute Gasteiger partial charge is 0.236 e. The van der Waals surface area contributed by atoms with Crippen molar-refractivity contribution < 1.29 is 9.53 Å². The molecule has 31 heavy (non-hydrogen) atoms. The van der Waals surface area contributed by atoms with Gasteiger partial charge in [0, 0.05) is 32.1 Å². The first kappa shape index (κ1) is 23.8. The number of carbonyl (C=O) groups excluding carboxylic acids is 1. The highest BCUT2D eigenvalue weighted by atomic mass is 16.5. The fraction of sp³-hybridized carbons (Fsp3) is 0.667. The number of benzene rings is 1. The number of carbonyl (C=O) groups is 1. The number of fused-ring (bicyclic) bond motifs is 1. The molecular weight excluding hydrogens is 384 g/mol. The van der Waals surface area contributed by atoms with E-state index in [1.165, 1.54) is 11.1 Å². The quantitative estimate of drug-likeness (QED) is 0.443. The highest BCUT2D eigenvalue weighted by Gasteiger charge is 2.35. The topological polar surface area (TPSA) is 32.8 Å². The first-order valence-corrected chi connectivity index (χ1v) is 12.5. The predicted molar refractivity (Wildman–Crippen MR) is 129 cm³/mol. The summed E-state index contributed by atoms with van der Waals surface area (Å²) < 4.78 is 5.70. The summed E-state index contributed by atoms with van der Waals surface area (Å²) in [5.74, 6) is 2.39. The zero-order valence-corrected chi connectivity index (χ0v) is 20.1. The molecule has 1 aromatic carbocycles. The highest BCUT2D eigenvalue weighted by Crippen LogP contribution is 2.37. The Hall–Kier alpha value is -1.81. The van der Waals surface area contributed by atoms with E-state index < -0.39 is 0 Å². The number of ether oxygens (including phenoxy) is 1. The average molecular weight is 427 g/mol. The molecule has 0 spiro atoms. The van der Waals surface area contributed by atoms with Crippen LogP contribution in [0.25, 0.3) is 0 Å². The summed E-state index contributed by atoms with van der Waals surface area (Å²) in [4.78, 5) is 17.8. The second-order valence-corrected chi connectivity index (χ2v) is 9.45. The van der Waals surface area contributed by atoms with E-state index in [0.29, 0.717) is 30.3 Å². The van der Waals surface area contributed by atoms with Crippen LogP contribution in [0, 0.1) is 5.92 Å². The van der Waals surface area contributed by atoms with Gasteiger partial charge >= 0.3 is 0 Å². The molecule has 3 rings (SSSR count). The Labute approximate surface area is 189 Å². The molecule has 3 atom stereocenters. The van der Waals surface area contributed by atoms with Crippen LogP contribution in [-0.2, 0) is 11.2 Å². The van der Waals surface area contributed by atoms with Crippen LogP contribution in [0.4, 0.5) is 0 Å². The molecule has 1 unspecified atom stereocenters. The van der Waals surface area contributed by atoms with Gasteiger partial charge in [0.15, 0.2) is 0 Å². The monoisotopic (exact) mass is 426 g/mol. The minimum Gasteiger partial charge on any atom is -0.493 e. The number of likely N-dealkylation sites (tertiary alicyclic amines) is 1. The van der Waals surface area contributed by atoms with E-state index in [0.717, 1.165) is 70.5 Å². The third-order valence-corrected chi connectivity index (χ3v) is 6.84. The number of nitrogens with zero attached hydrogens (tertiary/aromatic N) is 2. The summed E-state index contributed by atoms with van der Waals surface area (Å²) in [6.07, 6.45) is 11.0. The van der Waals surface area contributed by atoms with Gasteiger partial charge in [-0.05, 0) is 61.6 Å². The van der Waals surface area contributed by atoms with Gasteiger partial charge in [-0.15, -0.1) is 0 Å². The lowest BCUT2D eigenvalue weighted by molar-refractivity contribution is -0.132. The van der Waals surface area contributed by atoms with Crippen molar-refractivity contribution in [3.8, 4) is 5.75 Å². The Morgan fingerprint density at radius 2 is 2.13 bits per heavy atom. The number of hydrogen-bond acceptors (Lipinski definition) is 3. The molecule has 0 bridgehead atoms. The summed E-state index contributed by atoms with van der Waals surface area (Å²) >= 11 is 0. The first-order valence-electron chi connectivity index (χ1n) is 12.5. The molecule has 1 saturated heterocycles. The summed E-state index contributed by atoms with van der Waals surface area (Å²) in [5.41, 5.74) is 2.76. The zero-order chi connectivity index (χ0) is 22.2. The Bertz CT molecular complexity index is 745. The molecule has 2 aliphatic rings. The molecule has 0 aliphatic carbocycles. The van der Waals surface area contributed by atoms with Gasteiger partial charge < -0.3 is 9.64 Å². The van der Waals surface area contributed by atoms with Crippen molar-refractivity contribution in [1.82, 2.24) is 9.80 Å². The Kier molecular flexibility index (Phi) is 9.01. The molecule has 2 heterocycles. The number of rotatable bonds is 11. The lowest BCUT2D eigenvalue weighted by atomic mass is 9.91. The van der Waals surface area contributed by atoms with Gasteiger partial charge in [-0.25, -0.2) is 0 Å². The maximum atomic E-state index is 13.2. The van der Waals surface area contributed by atoms with Crippen LogP contribution in [0.1, 0.15) is 76.8 Å². The van der Waals surface area contributed by atoms with Gasteiger partial charge in [0.2, 0.25) is 5.91 Å². The molecule has 1 aromatic rings. The van der Waals surface area contributed by atoms with Crippen molar-refractivity contribution in [2.24, 2.45) is 5.92 Å². The molecule has 0 radical (unpaired) electrons. The van der Waals surface area contributed by atoms with Crippen LogP contribution in [0.2, 0.25) is 0 Å². The Morgan fingerprint density at radius 1 is 1.29 bits per heavy atom. The molecule has 2 aliphatic heterocycles. The van der Waals surface area contributed by atoms with Crippen LogP contribution < -0.4 is 4.74 Å². The van der Waals surface area contributed by atoms with E-state index in [9.17, 15) is 4.79 Å². The molecule has 0 N–H and O–H groups in total. The van der Waals surface area contributed by atoms with Crippen molar-refractivity contribution in [3.63, 3.8) is 0 Å². The summed E-state index contributed by atoms with van der Waals surface area (Å²) in [6, 6.07) is 7.21. The van der Waals surface area contributed by atoms with Gasteiger partial charge in [-0.2, -0.15) is 0 Å². The lowest BCUT2D eigenvalue weighted by Crippen LogP contribution is -2.43. The highest BCUT2D eigenvalue weighted by molar-refractivity contribution is 5.78. The molecule has 172 valence electrons. The van der Waals surface area contributed by atoms with Crippen LogP contribution >= 0.6 is 0 Å². The van der Waals surface area contributed by atoms with Crippen LogP contribution in [0.15, 0.2) is 30.4 Å². The van der Waals surface area contributed by atoms with E-state index in [-0.39, 0.29) is 0 Å². The van der Waals surface area contributed by atoms with E-state index in [4.69, 9.17) is 4.74 Å². The van der Waals surface area contributed by atoms with Crippen LogP contribution in [0.3, 0.4) is 0 Å². The SMILES string of the molecule is C/C=C/C(C)C[C@H]1C[C@@H](c2ccc3c(c2)CCO3)CN1CC(=O)N(CCC)CCCC. The fourth-order valence-corrected chi connectivity index (χ4v) is 5.22. The number of unbranched alkanes of at least 4 members (excludes halogenated alkanes) is 1. The third-order valence-electron chi connectivity index (χ3n) is 6.84. The molecule has 1 amide bonds. The van der Waals surface area contributed by atoms with Gasteiger partial charge in [-0.1, -0.05) is 51.5 Å². The van der Waals surface area contributed by atoms with Crippen LogP contribution in [0.5, 0.6) is 5.75 Å². The summed E-state index contributed by atoms with van der Waals surface area (Å²) in [6.45, 7) is 12.9. The second-order valence-electron chi connectivity index (χ2n) is 9.45. The molecule has 0 aromatic heterocycles. The Morgan fingerprint density at radius 3 is 2.87 bits per heavy atom. The first-order chi connectivity index (χ1) is 15.0. The van der Waals surface area contributed by atoms with E-state index in [1.807, 2.05) is 0 Å². The summed E-state index contributed by atoms with van der Waals surface area (Å²) in [5, 5.41) is 0. The molecule has 0 saturated carbocycles. The normalized spacial score (nSPS) is 21.9. The van der Waals surface area contributed by atoms with E-state index in [1.54, 1.807) is 0 Å². The molecule has 4 nitrogen and oxygen atoms in total. The van der Waals surface area contributed by atoms with Crippen molar-refractivity contribution in [2.75, 3.05) is 32.8 Å². The predicted octanol–water partition coefficient (Wildman–Crippen LogP) is 5.42. The average Bonchev–Trinajstić information content (AvgIpc) is 3.37. The minimum atomic E-state index is 0.307. The van der Waals surface area contributed by atoms with Gasteiger partial charge in [0.1, 0.15) is 5.75 Å². The minimum absolute atomic E-state index is 0.307. The van der Waals surface area contributed by atoms with Gasteiger partial charge in [0.05, 0.1) is 13.2 Å². The van der Waals surface area contributed by atoms with Crippen molar-refractivity contribution >= 4 is 5.91 Å². The maximum Gasteiger partial charge on any atom is 0.236 e. The van der Waals surface area contributed by atoms with Crippen molar-refractivity contribution in [3.05, 3.63) is 41.5 Å². The van der Waals surface area contributed by atoms with Crippen LogP contribution in [-0.4, -0.2) is 54.5 Å².